The van der Waals surface area contributed by atoms with Crippen LogP contribution in [0.25, 0.3) is 0 Å². The van der Waals surface area contributed by atoms with Crippen molar-refractivity contribution in [3.05, 3.63) is 0 Å². The normalized spacial score (nSPS) is 26.8. The fraction of sp³-hybridized carbons (Fsp3) is 0.714. The lowest BCUT2D eigenvalue weighted by Gasteiger charge is -2.40. The molecule has 0 bridgehead atoms. The summed E-state index contributed by atoms with van der Waals surface area (Å²) in [5.41, 5.74) is 0. The van der Waals surface area contributed by atoms with Crippen LogP contribution in [0.1, 0.15) is 27.7 Å². The second-order valence-corrected chi connectivity index (χ2v) is 5.33. The number of carbonyl (C=O) groups is 4. The minimum atomic E-state index is -1.82. The van der Waals surface area contributed by atoms with Gasteiger partial charge >= 0.3 is 23.9 Å². The van der Waals surface area contributed by atoms with E-state index in [-0.39, 0.29) is 0 Å². The number of carbonyl (C=O) groups excluding carboxylic acids is 4. The van der Waals surface area contributed by atoms with Gasteiger partial charge in [0.15, 0.2) is 24.6 Å². The molecule has 160 valence electrons. The first-order valence-electron chi connectivity index (χ1n) is 7.77. The Morgan fingerprint density at radius 1 is 0.714 bits per heavy atom. The van der Waals surface area contributed by atoms with E-state index in [1.54, 1.807) is 0 Å². The van der Waals surface area contributed by atoms with Crippen molar-refractivity contribution < 1.29 is 68.1 Å². The number of ether oxygens (including phenoxy) is 1. The summed E-state index contributed by atoms with van der Waals surface area (Å²) in [7, 11) is 0. The molecule has 28 heavy (non-hydrogen) atoms. The number of rotatable bonds is 9. The zero-order valence-corrected chi connectivity index (χ0v) is 15.3. The SMILES string of the molecule is CC(=O)OOC[C@H]1O[C@H](O)[C@H](OOC(C)=O)[C@@H](OOC(C)=O)[C@@H]1OOC(C)=O. The van der Waals surface area contributed by atoms with Gasteiger partial charge in [-0.25, -0.2) is 19.2 Å². The number of hydrogen-bond donors (Lipinski definition) is 1. The Labute approximate surface area is 158 Å². The van der Waals surface area contributed by atoms with Gasteiger partial charge in [-0.15, -0.1) is 0 Å². The average Bonchev–Trinajstić information content (AvgIpc) is 2.57. The van der Waals surface area contributed by atoms with Crippen molar-refractivity contribution in [3.8, 4) is 0 Å². The van der Waals surface area contributed by atoms with Gasteiger partial charge in [0.05, 0.1) is 0 Å². The molecule has 1 heterocycles. The number of aliphatic hydroxyl groups is 1. The second-order valence-electron chi connectivity index (χ2n) is 5.33. The summed E-state index contributed by atoms with van der Waals surface area (Å²) in [5.74, 6) is -3.41. The molecule has 14 nitrogen and oxygen atoms in total. The maximum Gasteiger partial charge on any atom is 0.339 e. The highest BCUT2D eigenvalue weighted by molar-refractivity contribution is 5.66. The van der Waals surface area contributed by atoms with Gasteiger partial charge in [-0.1, -0.05) is 0 Å². The molecule has 0 aromatic carbocycles. The molecule has 1 aliphatic heterocycles. The molecule has 1 aliphatic rings. The molecule has 5 atom stereocenters. The van der Waals surface area contributed by atoms with Gasteiger partial charge in [-0.3, -0.25) is 19.6 Å². The molecule has 0 saturated carbocycles. The zero-order chi connectivity index (χ0) is 21.3. The van der Waals surface area contributed by atoms with E-state index in [2.05, 4.69) is 24.4 Å². The lowest BCUT2D eigenvalue weighted by atomic mass is 9.99. The van der Waals surface area contributed by atoms with Gasteiger partial charge < -0.3 is 9.84 Å². The van der Waals surface area contributed by atoms with Crippen molar-refractivity contribution in [1.29, 1.82) is 0 Å². The predicted molar refractivity (Wildman–Crippen MR) is 78.5 cm³/mol. The van der Waals surface area contributed by atoms with Crippen molar-refractivity contribution in [2.75, 3.05) is 6.61 Å². The summed E-state index contributed by atoms with van der Waals surface area (Å²) >= 11 is 0. The maximum absolute atomic E-state index is 11.1. The first kappa shape index (κ1) is 23.7. The molecule has 0 aliphatic carbocycles. The van der Waals surface area contributed by atoms with E-state index in [1.165, 1.54) is 0 Å². The Morgan fingerprint density at radius 3 is 1.61 bits per heavy atom. The van der Waals surface area contributed by atoms with Crippen LogP contribution in [0.15, 0.2) is 0 Å². The molecule has 14 heteroatoms. The highest BCUT2D eigenvalue weighted by Gasteiger charge is 2.52. The highest BCUT2D eigenvalue weighted by atomic mass is 17.3. The van der Waals surface area contributed by atoms with Crippen molar-refractivity contribution in [1.82, 2.24) is 0 Å². The van der Waals surface area contributed by atoms with Crippen LogP contribution in [0.3, 0.4) is 0 Å². The average molecular weight is 412 g/mol. The molecule has 1 fully saturated rings. The summed E-state index contributed by atoms with van der Waals surface area (Å²) in [4.78, 5) is 80.6. The second kappa shape index (κ2) is 11.5. The molecule has 0 unspecified atom stereocenters. The van der Waals surface area contributed by atoms with E-state index in [0.29, 0.717) is 0 Å². The quantitative estimate of drug-likeness (QED) is 0.353. The van der Waals surface area contributed by atoms with Crippen molar-refractivity contribution in [3.63, 3.8) is 0 Å². The summed E-state index contributed by atoms with van der Waals surface area (Å²) in [6.45, 7) is 3.60. The van der Waals surface area contributed by atoms with Crippen LogP contribution in [0.4, 0.5) is 0 Å². The molecule has 0 radical (unpaired) electrons. The Balaban J connectivity index is 3.03. The molecule has 0 aromatic rings. The van der Waals surface area contributed by atoms with Crippen LogP contribution >= 0.6 is 0 Å². The number of hydrogen-bond acceptors (Lipinski definition) is 14. The monoisotopic (exact) mass is 412 g/mol. The Morgan fingerprint density at radius 2 is 1.14 bits per heavy atom. The van der Waals surface area contributed by atoms with Crippen LogP contribution in [-0.4, -0.2) is 66.3 Å². The fourth-order valence-electron chi connectivity index (χ4n) is 1.91. The maximum atomic E-state index is 11.1. The Kier molecular flexibility index (Phi) is 9.70. The first-order chi connectivity index (χ1) is 13.1. The van der Waals surface area contributed by atoms with Gasteiger partial charge in [0.2, 0.25) is 0 Å². The summed E-state index contributed by atoms with van der Waals surface area (Å²) < 4.78 is 5.18. The van der Waals surface area contributed by atoms with Gasteiger partial charge in [0, 0.05) is 27.7 Å². The molecule has 0 amide bonds. The van der Waals surface area contributed by atoms with Gasteiger partial charge in [-0.05, 0) is 0 Å². The van der Waals surface area contributed by atoms with Crippen molar-refractivity contribution >= 4 is 23.9 Å². The summed E-state index contributed by atoms with van der Waals surface area (Å²) in [6, 6.07) is 0. The summed E-state index contributed by atoms with van der Waals surface area (Å²) in [5, 5.41) is 10.1. The van der Waals surface area contributed by atoms with E-state index in [1.807, 2.05) is 0 Å². The lowest BCUT2D eigenvalue weighted by molar-refractivity contribution is -0.454. The number of aliphatic hydroxyl groups excluding tert-OH is 1. The van der Waals surface area contributed by atoms with E-state index in [9.17, 15) is 24.3 Å². The minimum Gasteiger partial charge on any atom is -0.366 e. The fourth-order valence-corrected chi connectivity index (χ4v) is 1.91. The van der Waals surface area contributed by atoms with E-state index >= 15 is 0 Å². The third kappa shape index (κ3) is 8.12. The zero-order valence-electron chi connectivity index (χ0n) is 15.3. The van der Waals surface area contributed by atoms with Crippen molar-refractivity contribution in [2.45, 2.75) is 58.4 Å². The molecular weight excluding hydrogens is 392 g/mol. The highest BCUT2D eigenvalue weighted by Crippen LogP contribution is 2.28. The third-order valence-electron chi connectivity index (χ3n) is 2.85. The van der Waals surface area contributed by atoms with Gasteiger partial charge in [0.25, 0.3) is 0 Å². The predicted octanol–water partition coefficient (Wildman–Crippen LogP) is -1.21. The molecule has 1 rings (SSSR count). The van der Waals surface area contributed by atoms with Gasteiger partial charge in [-0.2, -0.15) is 19.6 Å². The molecule has 0 aromatic heterocycles. The lowest BCUT2D eigenvalue weighted by Crippen LogP contribution is -2.61. The topological polar surface area (TPSA) is 172 Å². The van der Waals surface area contributed by atoms with Gasteiger partial charge in [0.1, 0.15) is 12.7 Å². The van der Waals surface area contributed by atoms with Crippen LogP contribution < -0.4 is 0 Å². The van der Waals surface area contributed by atoms with Crippen LogP contribution in [0.5, 0.6) is 0 Å². The summed E-state index contributed by atoms with van der Waals surface area (Å²) in [6.07, 6.45) is -7.71. The Bertz CT molecular complexity index is 562. The Hall–Kier alpha value is -2.36. The smallest absolute Gasteiger partial charge is 0.339 e. The van der Waals surface area contributed by atoms with E-state index in [0.717, 1.165) is 27.7 Å². The molecule has 0 spiro atoms. The van der Waals surface area contributed by atoms with E-state index < -0.39 is 61.2 Å². The standard InChI is InChI=1S/C14H20O14/c1-6(15)22-20-5-10-11(26-23-7(2)16)12(27-24-8(3)17)13(14(19)21-10)28-25-9(4)18/h10-14,19H,5H2,1-4H3/t10-,11-,12+,13-,14+/m1/s1. The van der Waals surface area contributed by atoms with Crippen LogP contribution in [-0.2, 0) is 63.0 Å². The van der Waals surface area contributed by atoms with Crippen LogP contribution in [0, 0.1) is 0 Å². The third-order valence-corrected chi connectivity index (χ3v) is 2.85. The minimum absolute atomic E-state index is 0.525. The van der Waals surface area contributed by atoms with Crippen molar-refractivity contribution in [2.24, 2.45) is 0 Å². The first-order valence-corrected chi connectivity index (χ1v) is 7.77. The molecule has 1 saturated heterocycles. The largest absolute Gasteiger partial charge is 0.366 e. The molecular formula is C14H20O14. The molecule has 1 N–H and O–H groups in total. The van der Waals surface area contributed by atoms with Crippen LogP contribution in [0.2, 0.25) is 0 Å². The van der Waals surface area contributed by atoms with E-state index in [4.69, 9.17) is 19.4 Å².